The van der Waals surface area contributed by atoms with Gasteiger partial charge in [0.15, 0.2) is 5.71 Å². The largest absolute Gasteiger partial charge is 0.691 e. The lowest BCUT2D eigenvalue weighted by Crippen LogP contribution is -2.28. The molecule has 45 heavy (non-hydrogen) atoms. The zero-order chi connectivity index (χ0) is 33.0. The molecule has 10 nitrogen and oxygen atoms in total. The van der Waals surface area contributed by atoms with Crippen LogP contribution < -0.4 is 10.2 Å². The number of carbonyl (C=O) groups is 1. The molecule has 0 aromatic heterocycles. The Balaban J connectivity index is 1.61. The second-order valence-electron chi connectivity index (χ2n) is 12.1. The summed E-state index contributed by atoms with van der Waals surface area (Å²) >= 11 is 0.871. The fourth-order valence-electron chi connectivity index (χ4n) is 6.24. The van der Waals surface area contributed by atoms with Gasteiger partial charge in [-0.05, 0) is 75.6 Å². The Morgan fingerprint density at radius 1 is 1.02 bits per heavy atom. The van der Waals surface area contributed by atoms with Gasteiger partial charge in [-0.15, -0.1) is 0 Å². The third-order valence-corrected chi connectivity index (χ3v) is 9.92. The van der Waals surface area contributed by atoms with E-state index in [1.54, 1.807) is 6.07 Å². The number of fused-ring (bicyclic) bond motifs is 2. The molecular formula is C33H40N2O8S2. The van der Waals surface area contributed by atoms with E-state index >= 15 is 0 Å². The van der Waals surface area contributed by atoms with Gasteiger partial charge in [0.1, 0.15) is 6.54 Å². The maximum absolute atomic E-state index is 11.9. The molecule has 0 saturated heterocycles. The van der Waals surface area contributed by atoms with Crippen molar-refractivity contribution in [1.82, 2.24) is 0 Å². The number of benzene rings is 2. The zero-order valence-corrected chi connectivity index (χ0v) is 27.8. The third-order valence-electron chi connectivity index (χ3n) is 8.50. The van der Waals surface area contributed by atoms with Crippen LogP contribution in [0.2, 0.25) is 0 Å². The maximum atomic E-state index is 11.9. The highest BCUT2D eigenvalue weighted by atomic mass is 32.2. The van der Waals surface area contributed by atoms with Gasteiger partial charge in [-0.25, -0.2) is 0 Å². The quantitative estimate of drug-likeness (QED) is 0.0473. The minimum absolute atomic E-state index is 0.124. The van der Waals surface area contributed by atoms with E-state index in [1.165, 1.54) is 12.1 Å². The molecule has 242 valence electrons. The summed E-state index contributed by atoms with van der Waals surface area (Å²) in [6, 6.07) is 10.6. The molecule has 0 unspecified atom stereocenters. The van der Waals surface area contributed by atoms with Crippen LogP contribution in [-0.4, -0.2) is 47.4 Å². The number of aliphatic carboxylic acids is 1. The number of allylic oxidation sites excluding steroid dienone is 6. The minimum Gasteiger partial charge on any atom is -0.691 e. The number of likely N-dealkylation sites (N-methyl/N-ethyl adjacent to an activating group) is 1. The van der Waals surface area contributed by atoms with Gasteiger partial charge < -0.3 is 15.3 Å². The summed E-state index contributed by atoms with van der Waals surface area (Å²) in [7, 11) is -4.37. The van der Waals surface area contributed by atoms with Crippen molar-refractivity contribution in [3.05, 3.63) is 83.6 Å². The lowest BCUT2D eigenvalue weighted by atomic mass is 9.81. The average Bonchev–Trinajstić information content (AvgIpc) is 3.32. The second-order valence-corrected chi connectivity index (χ2v) is 14.3. The molecule has 2 aliphatic rings. The van der Waals surface area contributed by atoms with Crippen molar-refractivity contribution >= 4 is 45.2 Å². The molecule has 2 N–H and O–H groups in total. The third kappa shape index (κ3) is 7.43. The summed E-state index contributed by atoms with van der Waals surface area (Å²) in [4.78, 5) is 13.8. The van der Waals surface area contributed by atoms with Crippen LogP contribution in [0.25, 0.3) is 0 Å². The van der Waals surface area contributed by atoms with Gasteiger partial charge in [-0.2, -0.15) is 17.3 Å². The average molecular weight is 657 g/mol. The number of hydrogen-bond donors (Lipinski definition) is 2. The molecular weight excluding hydrogens is 617 g/mol. The van der Waals surface area contributed by atoms with Gasteiger partial charge in [-0.3, -0.25) is 14.4 Å². The van der Waals surface area contributed by atoms with E-state index in [0.29, 0.717) is 13.0 Å². The second kappa shape index (κ2) is 14.0. The topological polar surface area (TPSA) is 139 Å². The summed E-state index contributed by atoms with van der Waals surface area (Å²) in [6.45, 7) is 11.9. The Hall–Kier alpha value is -3.26. The lowest BCUT2D eigenvalue weighted by Gasteiger charge is -2.25. The number of anilines is 1. The van der Waals surface area contributed by atoms with Crippen LogP contribution >= 0.6 is 12.0 Å². The number of carboxylic acid groups (broad SMARTS) is 1. The van der Waals surface area contributed by atoms with Crippen molar-refractivity contribution in [2.45, 2.75) is 80.9 Å². The summed E-state index contributed by atoms with van der Waals surface area (Å²) in [6.07, 6.45) is 12.2. The van der Waals surface area contributed by atoms with Crippen LogP contribution in [-0.2, 0) is 35.1 Å². The van der Waals surface area contributed by atoms with Gasteiger partial charge >= 0.3 is 5.97 Å². The highest BCUT2D eigenvalue weighted by Crippen LogP contribution is 2.49. The molecule has 0 aliphatic carbocycles. The summed E-state index contributed by atoms with van der Waals surface area (Å²) in [5.41, 5.74) is 5.10. The molecule has 0 atom stereocenters. The highest BCUT2D eigenvalue weighted by Gasteiger charge is 2.45. The van der Waals surface area contributed by atoms with E-state index < -0.39 is 21.5 Å². The molecule has 0 amide bonds. The minimum atomic E-state index is -4.37. The van der Waals surface area contributed by atoms with Crippen molar-refractivity contribution in [3.8, 4) is 0 Å². The van der Waals surface area contributed by atoms with E-state index in [0.717, 1.165) is 70.2 Å². The van der Waals surface area contributed by atoms with Gasteiger partial charge in [0.25, 0.3) is 10.1 Å². The predicted octanol–water partition coefficient (Wildman–Crippen LogP) is 6.00. The van der Waals surface area contributed by atoms with Crippen LogP contribution in [0.1, 0.15) is 71.4 Å². The molecule has 2 aromatic carbocycles. The Morgan fingerprint density at radius 2 is 1.78 bits per heavy atom. The molecule has 4 rings (SSSR count). The normalized spacial score (nSPS) is 18.0. The lowest BCUT2D eigenvalue weighted by molar-refractivity contribution is -0.777. The predicted molar refractivity (Wildman–Crippen MR) is 172 cm³/mol. The first-order valence-corrected chi connectivity index (χ1v) is 17.0. The Kier molecular flexibility index (Phi) is 10.8. The molecule has 0 radical (unpaired) electrons. The van der Waals surface area contributed by atoms with Crippen LogP contribution in [0.5, 0.6) is 0 Å². The molecule has 2 aliphatic heterocycles. The van der Waals surface area contributed by atoms with Gasteiger partial charge in [-0.1, -0.05) is 32.1 Å². The Bertz CT molecular complexity index is 1670. The fourth-order valence-corrected chi connectivity index (χ4v) is 7.14. The van der Waals surface area contributed by atoms with Crippen LogP contribution in [0.15, 0.2) is 82.3 Å². The molecule has 0 spiro atoms. The summed E-state index contributed by atoms with van der Waals surface area (Å²) in [5.74, 6) is -0.812. The van der Waals surface area contributed by atoms with E-state index in [2.05, 4.69) is 45.7 Å². The molecule has 2 heterocycles. The van der Waals surface area contributed by atoms with Gasteiger partial charge in [0.05, 0.1) is 22.4 Å². The molecule has 2 aromatic rings. The number of rotatable bonds is 14. The SMILES string of the molecule is CCN1/C(=C/C=C/C=C/C2=[N+](CCCCCC(=O)O)c3ccc(S(=O)(=O)O)cc3C2(C)C)C(C)(C)c2cc(SOO[O-])ccc21. The number of nitrogens with zero attached hydrogens (tertiary/aromatic N) is 2. The first-order chi connectivity index (χ1) is 21.2. The maximum Gasteiger partial charge on any atom is 0.303 e. The Morgan fingerprint density at radius 3 is 2.44 bits per heavy atom. The first-order valence-electron chi connectivity index (χ1n) is 14.8. The molecule has 0 bridgehead atoms. The smallest absolute Gasteiger partial charge is 0.303 e. The Labute approximate surface area is 269 Å². The molecule has 12 heteroatoms. The number of unbranched alkanes of at least 4 members (excludes halogenated alkanes) is 2. The highest BCUT2D eigenvalue weighted by molar-refractivity contribution is 7.94. The molecule has 0 fully saturated rings. The monoisotopic (exact) mass is 656 g/mol. The van der Waals surface area contributed by atoms with E-state index in [1.807, 2.05) is 56.4 Å². The van der Waals surface area contributed by atoms with Crippen LogP contribution in [0.4, 0.5) is 11.4 Å². The van der Waals surface area contributed by atoms with E-state index in [-0.39, 0.29) is 16.7 Å². The van der Waals surface area contributed by atoms with Crippen molar-refractivity contribution in [3.63, 3.8) is 0 Å². The zero-order valence-electron chi connectivity index (χ0n) is 26.1. The summed E-state index contributed by atoms with van der Waals surface area (Å²) in [5, 5.41) is 22.8. The van der Waals surface area contributed by atoms with Crippen molar-refractivity contribution in [2.24, 2.45) is 0 Å². The fraction of sp³-hybridized carbons (Fsp3) is 0.394. The van der Waals surface area contributed by atoms with E-state index in [4.69, 9.17) is 5.11 Å². The van der Waals surface area contributed by atoms with Crippen LogP contribution in [0, 0.1) is 0 Å². The van der Waals surface area contributed by atoms with E-state index in [9.17, 15) is 23.0 Å². The van der Waals surface area contributed by atoms with Crippen molar-refractivity contribution in [2.75, 3.05) is 18.0 Å². The molecule has 0 saturated carbocycles. The van der Waals surface area contributed by atoms with Crippen molar-refractivity contribution < 1.29 is 42.1 Å². The summed E-state index contributed by atoms with van der Waals surface area (Å²) < 4.78 is 40.2. The van der Waals surface area contributed by atoms with Crippen molar-refractivity contribution in [1.29, 1.82) is 0 Å². The van der Waals surface area contributed by atoms with Crippen LogP contribution in [0.3, 0.4) is 0 Å². The van der Waals surface area contributed by atoms with Gasteiger partial charge in [0.2, 0.25) is 5.69 Å². The first kappa shape index (κ1) is 34.6. The number of carboxylic acids is 1. The van der Waals surface area contributed by atoms with Gasteiger partial charge in [0, 0.05) is 58.8 Å². The number of hydrogen-bond acceptors (Lipinski definition) is 8. The standard InChI is InChI=1S/C33H40N2O8S2/c1-6-34-27-18-16-23(44-43-42-38)21-25(27)32(2,3)29(34)13-9-7-10-14-30-33(4,5)26-22-24(45(39,40)41)17-19-28(26)35(30)20-12-8-11-15-31(36)37/h7,9-10,13-14,16-19,21-22H,6,8,11-12,15,20H2,1-5H3,(H2-,36,37,38,39,40,41).